The van der Waals surface area contributed by atoms with Crippen molar-refractivity contribution in [2.45, 2.75) is 18.4 Å². The molecule has 0 radical (unpaired) electrons. The monoisotopic (exact) mass is 339 g/mol. The van der Waals surface area contributed by atoms with Gasteiger partial charge in [-0.25, -0.2) is 0 Å². The van der Waals surface area contributed by atoms with Crippen molar-refractivity contribution in [2.75, 3.05) is 12.8 Å². The fourth-order valence-electron chi connectivity index (χ4n) is 4.13. The van der Waals surface area contributed by atoms with Gasteiger partial charge in [0.15, 0.2) is 0 Å². The van der Waals surface area contributed by atoms with E-state index in [0.29, 0.717) is 22.8 Å². The van der Waals surface area contributed by atoms with Crippen molar-refractivity contribution in [2.24, 2.45) is 17.8 Å². The van der Waals surface area contributed by atoms with E-state index in [4.69, 9.17) is 11.6 Å². The van der Waals surface area contributed by atoms with Gasteiger partial charge in [0.1, 0.15) is 6.26 Å². The number of H-pyrrole nitrogens is 1. The minimum Gasteiger partial charge on any atom is -0.598 e. The molecule has 1 heterocycles. The summed E-state index contributed by atoms with van der Waals surface area (Å²) in [4.78, 5) is 0. The third-order valence-corrected chi connectivity index (χ3v) is 5.99. The fourth-order valence-corrected chi connectivity index (χ4v) is 4.78. The zero-order valence-corrected chi connectivity index (χ0v) is 13.7. The summed E-state index contributed by atoms with van der Waals surface area (Å²) in [5, 5.41) is 19.6. The first kappa shape index (κ1) is 14.8. The van der Waals surface area contributed by atoms with E-state index >= 15 is 0 Å². The van der Waals surface area contributed by atoms with Crippen LogP contribution in [-0.2, 0) is 17.0 Å². The summed E-state index contributed by atoms with van der Waals surface area (Å²) in [5.74, 6) is 1.53. The van der Waals surface area contributed by atoms with Crippen molar-refractivity contribution in [1.82, 2.24) is 14.9 Å². The van der Waals surface area contributed by atoms with Crippen LogP contribution in [0.2, 0.25) is 5.02 Å². The normalized spacial score (nSPS) is 34.8. The second-order valence-corrected chi connectivity index (χ2v) is 8.15. The number of aromatic amines is 1. The summed E-state index contributed by atoms with van der Waals surface area (Å²) >= 11 is 5.21. The van der Waals surface area contributed by atoms with Crippen LogP contribution in [0.15, 0.2) is 18.3 Å². The summed E-state index contributed by atoms with van der Waals surface area (Å²) in [6.07, 6.45) is 4.88. The minimum atomic E-state index is -0.968. The predicted octanol–water partition coefficient (Wildman–Crippen LogP) is 1.94. The molecule has 2 aliphatic rings. The third kappa shape index (κ3) is 2.34. The quantitative estimate of drug-likeness (QED) is 0.743. The van der Waals surface area contributed by atoms with E-state index in [0.717, 1.165) is 35.9 Å². The van der Waals surface area contributed by atoms with Crippen LogP contribution in [0.3, 0.4) is 0 Å². The van der Waals surface area contributed by atoms with Crippen molar-refractivity contribution in [3.63, 3.8) is 0 Å². The van der Waals surface area contributed by atoms with Crippen LogP contribution in [-0.4, -0.2) is 32.7 Å². The molecule has 2 aliphatic carbocycles. The largest absolute Gasteiger partial charge is 0.598 e. The molecule has 1 aromatic heterocycles. The maximum absolute atomic E-state index is 11.1. The van der Waals surface area contributed by atoms with Gasteiger partial charge in [-0.15, -0.1) is 4.72 Å². The van der Waals surface area contributed by atoms with Crippen molar-refractivity contribution in [3.05, 3.63) is 28.9 Å². The number of aliphatic hydroxyl groups is 1. The molecule has 118 valence electrons. The maximum atomic E-state index is 11.1. The molecule has 4 rings (SSSR count). The van der Waals surface area contributed by atoms with E-state index in [9.17, 15) is 9.66 Å². The Bertz CT molecular complexity index is 708. The van der Waals surface area contributed by atoms with Crippen molar-refractivity contribution < 1.29 is 9.66 Å². The highest BCUT2D eigenvalue weighted by Crippen LogP contribution is 2.63. The molecule has 3 atom stereocenters. The first-order valence-corrected chi connectivity index (χ1v) is 9.34. The van der Waals surface area contributed by atoms with E-state index in [2.05, 4.69) is 14.9 Å². The van der Waals surface area contributed by atoms with Gasteiger partial charge in [0.25, 0.3) is 0 Å². The predicted molar refractivity (Wildman–Crippen MR) is 86.8 cm³/mol. The van der Waals surface area contributed by atoms with E-state index < -0.39 is 17.0 Å². The van der Waals surface area contributed by atoms with Crippen molar-refractivity contribution in [3.8, 4) is 0 Å². The summed E-state index contributed by atoms with van der Waals surface area (Å²) < 4.78 is 14.1. The number of aromatic nitrogens is 2. The maximum Gasteiger partial charge on any atom is 0.115 e. The number of hydrogen-bond acceptors (Lipinski definition) is 4. The number of halogens is 1. The fraction of sp³-hybridized carbons (Fsp3) is 0.533. The number of fused-ring (bicyclic) bond motifs is 2. The minimum absolute atomic E-state index is 0.502. The molecule has 22 heavy (non-hydrogen) atoms. The lowest BCUT2D eigenvalue weighted by atomic mass is 9.85. The van der Waals surface area contributed by atoms with Crippen molar-refractivity contribution >= 4 is 33.9 Å². The van der Waals surface area contributed by atoms with Crippen molar-refractivity contribution in [1.29, 1.82) is 0 Å². The molecule has 0 bridgehead atoms. The van der Waals surface area contributed by atoms with Gasteiger partial charge < -0.3 is 9.66 Å². The molecule has 1 aromatic carbocycles. The Balaban J connectivity index is 1.56. The third-order valence-electron chi connectivity index (χ3n) is 5.20. The molecule has 0 saturated heterocycles. The van der Waals surface area contributed by atoms with E-state index in [1.165, 1.54) is 0 Å². The highest BCUT2D eigenvalue weighted by molar-refractivity contribution is 7.88. The SMILES string of the molecule is C[S+]([O-])NCC1C2CC(O)(c3cc(Cl)cc4[nH]ncc34)CC12. The summed E-state index contributed by atoms with van der Waals surface area (Å²) in [6.45, 7) is 0.769. The lowest BCUT2D eigenvalue weighted by molar-refractivity contribution is 0.0277. The van der Waals surface area contributed by atoms with E-state index in [1.807, 2.05) is 12.1 Å². The Morgan fingerprint density at radius 3 is 2.91 bits per heavy atom. The average molecular weight is 340 g/mol. The zero-order chi connectivity index (χ0) is 15.5. The Hall–Kier alpha value is -0.790. The number of hydrogen-bond donors (Lipinski definition) is 3. The Kier molecular flexibility index (Phi) is 3.43. The van der Waals surface area contributed by atoms with Crippen LogP contribution in [0.25, 0.3) is 10.9 Å². The van der Waals surface area contributed by atoms with E-state index in [-0.39, 0.29) is 0 Å². The van der Waals surface area contributed by atoms with Crippen LogP contribution in [0.5, 0.6) is 0 Å². The molecule has 7 heteroatoms. The van der Waals surface area contributed by atoms with Gasteiger partial charge in [0, 0.05) is 28.3 Å². The molecule has 2 aromatic rings. The molecule has 2 saturated carbocycles. The van der Waals surface area contributed by atoms with E-state index in [1.54, 1.807) is 12.5 Å². The van der Waals surface area contributed by atoms with Gasteiger partial charge in [0.05, 0.1) is 17.3 Å². The molecule has 5 nitrogen and oxygen atoms in total. The Morgan fingerprint density at radius 1 is 1.50 bits per heavy atom. The second kappa shape index (κ2) is 5.11. The zero-order valence-electron chi connectivity index (χ0n) is 12.2. The molecule has 0 spiro atoms. The van der Waals surface area contributed by atoms with Crippen LogP contribution in [0.1, 0.15) is 18.4 Å². The summed E-state index contributed by atoms with van der Waals surface area (Å²) in [6, 6.07) is 3.69. The van der Waals surface area contributed by atoms with Gasteiger partial charge >= 0.3 is 0 Å². The van der Waals surface area contributed by atoms with Gasteiger partial charge in [-0.05, 0) is 48.3 Å². The molecule has 3 N–H and O–H groups in total. The standard InChI is InChI=1S/C15H18ClN3O2S/c1-22(21)18-7-11-9-4-15(20,5-10(9)11)13-2-8(16)3-14-12(13)6-17-19-14/h2-3,6,9-11,18,20H,4-5,7H2,1H3,(H,17,19). The van der Waals surface area contributed by atoms with Gasteiger partial charge in [-0.1, -0.05) is 11.6 Å². The van der Waals surface area contributed by atoms with Crippen LogP contribution in [0, 0.1) is 17.8 Å². The number of benzene rings is 1. The first-order valence-electron chi connectivity index (χ1n) is 7.40. The number of nitrogens with one attached hydrogen (secondary N) is 2. The van der Waals surface area contributed by atoms with Gasteiger partial charge in [-0.2, -0.15) is 5.10 Å². The highest BCUT2D eigenvalue weighted by atomic mass is 35.5. The molecule has 3 unspecified atom stereocenters. The molecule has 2 fully saturated rings. The molecular weight excluding hydrogens is 322 g/mol. The lowest BCUT2D eigenvalue weighted by Crippen LogP contribution is -2.29. The molecule has 0 aliphatic heterocycles. The topological polar surface area (TPSA) is 84.0 Å². The number of nitrogens with zero attached hydrogens (tertiary/aromatic N) is 1. The number of rotatable bonds is 4. The van der Waals surface area contributed by atoms with Crippen LogP contribution >= 0.6 is 11.6 Å². The highest BCUT2D eigenvalue weighted by Gasteiger charge is 2.61. The van der Waals surface area contributed by atoms with Crippen LogP contribution in [0.4, 0.5) is 0 Å². The second-order valence-electron chi connectivity index (χ2n) is 6.52. The van der Waals surface area contributed by atoms with Gasteiger partial charge in [-0.3, -0.25) is 5.10 Å². The van der Waals surface area contributed by atoms with Gasteiger partial charge in [0.2, 0.25) is 0 Å². The Morgan fingerprint density at radius 2 is 2.23 bits per heavy atom. The lowest BCUT2D eigenvalue weighted by Gasteiger charge is -2.27. The smallest absolute Gasteiger partial charge is 0.115 e. The summed E-state index contributed by atoms with van der Waals surface area (Å²) in [7, 11) is 0. The molecular formula is C15H18ClN3O2S. The summed E-state index contributed by atoms with van der Waals surface area (Å²) in [5.41, 5.74) is 0.905. The first-order chi connectivity index (χ1) is 10.5. The van der Waals surface area contributed by atoms with Crippen LogP contribution < -0.4 is 4.72 Å². The Labute approximate surface area is 136 Å². The molecule has 0 amide bonds. The average Bonchev–Trinajstić information content (AvgIpc) is 2.81.